The van der Waals surface area contributed by atoms with E-state index in [2.05, 4.69) is 20.2 Å². The quantitative estimate of drug-likeness (QED) is 0.767. The zero-order valence-electron chi connectivity index (χ0n) is 8.72. The molecule has 2 rings (SSSR count). The van der Waals surface area contributed by atoms with Gasteiger partial charge in [0.25, 0.3) is 0 Å². The molecule has 1 aromatic heterocycles. The van der Waals surface area contributed by atoms with Crippen molar-refractivity contribution < 1.29 is 4.74 Å². The van der Waals surface area contributed by atoms with Crippen LogP contribution >= 0.6 is 0 Å². The summed E-state index contributed by atoms with van der Waals surface area (Å²) in [5, 5.41) is 3.28. The first-order valence-electron chi connectivity index (χ1n) is 5.24. The zero-order valence-corrected chi connectivity index (χ0v) is 8.72. The van der Waals surface area contributed by atoms with Crippen LogP contribution in [0, 0.1) is 0 Å². The molecule has 1 aliphatic rings. The third kappa shape index (κ3) is 3.45. The molecule has 82 valence electrons. The van der Waals surface area contributed by atoms with E-state index in [0.29, 0.717) is 0 Å². The number of ether oxygens (including phenoxy) is 1. The average molecular weight is 208 g/mol. The van der Waals surface area contributed by atoms with E-state index in [1.165, 1.54) is 6.33 Å². The summed E-state index contributed by atoms with van der Waals surface area (Å²) in [6, 6.07) is 0. The lowest BCUT2D eigenvalue weighted by Gasteiger charge is -2.26. The van der Waals surface area contributed by atoms with Crippen LogP contribution in [-0.2, 0) is 4.74 Å². The molecule has 1 N–H and O–H groups in total. The van der Waals surface area contributed by atoms with Crippen molar-refractivity contribution >= 4 is 5.69 Å². The second-order valence-corrected chi connectivity index (χ2v) is 3.51. The molecule has 2 heterocycles. The second kappa shape index (κ2) is 5.63. The lowest BCUT2D eigenvalue weighted by atomic mass is 10.4. The van der Waals surface area contributed by atoms with E-state index in [0.717, 1.165) is 45.1 Å². The van der Waals surface area contributed by atoms with Crippen molar-refractivity contribution in [2.75, 3.05) is 44.7 Å². The molecule has 5 nitrogen and oxygen atoms in total. The van der Waals surface area contributed by atoms with E-state index in [1.807, 2.05) is 0 Å². The Morgan fingerprint density at radius 1 is 1.27 bits per heavy atom. The Balaban J connectivity index is 1.66. The van der Waals surface area contributed by atoms with E-state index >= 15 is 0 Å². The van der Waals surface area contributed by atoms with Gasteiger partial charge in [0.1, 0.15) is 6.33 Å². The number of aromatic nitrogens is 2. The van der Waals surface area contributed by atoms with Gasteiger partial charge in [-0.2, -0.15) is 0 Å². The maximum atomic E-state index is 5.28. The van der Waals surface area contributed by atoms with Crippen molar-refractivity contribution in [3.63, 3.8) is 0 Å². The second-order valence-electron chi connectivity index (χ2n) is 3.51. The van der Waals surface area contributed by atoms with E-state index < -0.39 is 0 Å². The summed E-state index contributed by atoms with van der Waals surface area (Å²) in [5.41, 5.74) is 0.978. The molecule has 1 aliphatic heterocycles. The Morgan fingerprint density at radius 3 is 2.73 bits per heavy atom. The van der Waals surface area contributed by atoms with Gasteiger partial charge in [-0.3, -0.25) is 4.90 Å². The first-order chi connectivity index (χ1) is 7.45. The van der Waals surface area contributed by atoms with Gasteiger partial charge in [-0.25, -0.2) is 9.97 Å². The first-order valence-corrected chi connectivity index (χ1v) is 5.24. The van der Waals surface area contributed by atoms with Crippen molar-refractivity contribution in [1.82, 2.24) is 14.9 Å². The van der Waals surface area contributed by atoms with Crippen LogP contribution in [0.3, 0.4) is 0 Å². The maximum absolute atomic E-state index is 5.28. The lowest BCUT2D eigenvalue weighted by molar-refractivity contribution is 0.0398. The van der Waals surface area contributed by atoms with Gasteiger partial charge in [0, 0.05) is 26.2 Å². The highest BCUT2D eigenvalue weighted by molar-refractivity contribution is 5.36. The number of anilines is 1. The molecular weight excluding hydrogens is 192 g/mol. The van der Waals surface area contributed by atoms with Gasteiger partial charge in [-0.05, 0) is 0 Å². The molecule has 1 saturated heterocycles. The monoisotopic (exact) mass is 208 g/mol. The fourth-order valence-corrected chi connectivity index (χ4v) is 1.57. The number of hydrogen-bond acceptors (Lipinski definition) is 5. The lowest BCUT2D eigenvalue weighted by Crippen LogP contribution is -2.39. The van der Waals surface area contributed by atoms with Crippen LogP contribution in [0.1, 0.15) is 0 Å². The minimum Gasteiger partial charge on any atom is -0.381 e. The van der Waals surface area contributed by atoms with E-state index in [1.54, 1.807) is 12.4 Å². The summed E-state index contributed by atoms with van der Waals surface area (Å²) in [6.45, 7) is 5.74. The predicted molar refractivity (Wildman–Crippen MR) is 57.8 cm³/mol. The fraction of sp³-hybridized carbons (Fsp3) is 0.600. The highest BCUT2D eigenvalue weighted by Crippen LogP contribution is 2.00. The number of nitrogens with zero attached hydrogens (tertiary/aromatic N) is 3. The minimum absolute atomic E-state index is 0.856. The van der Waals surface area contributed by atoms with Gasteiger partial charge < -0.3 is 10.1 Å². The van der Waals surface area contributed by atoms with Crippen LogP contribution in [0.4, 0.5) is 5.69 Å². The predicted octanol–water partition coefficient (Wildman–Crippen LogP) is 0.221. The average Bonchev–Trinajstić information content (AvgIpc) is 2.32. The molecule has 0 unspecified atom stereocenters. The van der Waals surface area contributed by atoms with E-state index in [4.69, 9.17) is 4.74 Å². The Hall–Kier alpha value is -1.20. The van der Waals surface area contributed by atoms with Gasteiger partial charge in [-0.1, -0.05) is 0 Å². The normalized spacial score (nSPS) is 17.6. The summed E-state index contributed by atoms with van der Waals surface area (Å²) >= 11 is 0. The molecule has 0 amide bonds. The number of hydrogen-bond donors (Lipinski definition) is 1. The molecular formula is C10H16N4O. The van der Waals surface area contributed by atoms with Gasteiger partial charge in [-0.15, -0.1) is 0 Å². The van der Waals surface area contributed by atoms with Gasteiger partial charge in [0.05, 0.1) is 31.3 Å². The Morgan fingerprint density at radius 2 is 2.00 bits per heavy atom. The molecule has 0 spiro atoms. The van der Waals surface area contributed by atoms with Crippen molar-refractivity contribution in [3.05, 3.63) is 18.7 Å². The Labute approximate surface area is 89.5 Å². The summed E-state index contributed by atoms with van der Waals surface area (Å²) in [5.74, 6) is 0. The molecule has 15 heavy (non-hydrogen) atoms. The molecule has 5 heteroatoms. The Kier molecular flexibility index (Phi) is 3.87. The Bertz CT molecular complexity index is 274. The highest BCUT2D eigenvalue weighted by Gasteiger charge is 2.08. The molecule has 1 aromatic rings. The fourth-order valence-electron chi connectivity index (χ4n) is 1.57. The van der Waals surface area contributed by atoms with Crippen LogP contribution in [0.5, 0.6) is 0 Å². The summed E-state index contributed by atoms with van der Waals surface area (Å²) < 4.78 is 5.28. The van der Waals surface area contributed by atoms with Crippen LogP contribution < -0.4 is 5.32 Å². The molecule has 0 bridgehead atoms. The van der Waals surface area contributed by atoms with Crippen LogP contribution in [0.25, 0.3) is 0 Å². The van der Waals surface area contributed by atoms with E-state index in [9.17, 15) is 0 Å². The minimum atomic E-state index is 0.856. The summed E-state index contributed by atoms with van der Waals surface area (Å²) in [6.07, 6.45) is 5.10. The molecule has 0 saturated carbocycles. The third-order valence-electron chi connectivity index (χ3n) is 2.42. The molecule has 0 aromatic carbocycles. The zero-order chi connectivity index (χ0) is 10.3. The van der Waals surface area contributed by atoms with Crippen molar-refractivity contribution in [1.29, 1.82) is 0 Å². The van der Waals surface area contributed by atoms with Crippen molar-refractivity contribution in [3.8, 4) is 0 Å². The molecule has 0 radical (unpaired) electrons. The van der Waals surface area contributed by atoms with Gasteiger partial charge in [0.15, 0.2) is 0 Å². The standard InChI is InChI=1S/C10H16N4O/c1(2-14-3-5-15-6-4-14)13-10-7-11-9-12-8-10/h7-9,13H,1-6H2. The number of rotatable bonds is 4. The molecule has 0 aliphatic carbocycles. The largest absolute Gasteiger partial charge is 0.381 e. The highest BCUT2D eigenvalue weighted by atomic mass is 16.5. The van der Waals surface area contributed by atoms with Crippen LogP contribution in [0.15, 0.2) is 18.7 Å². The van der Waals surface area contributed by atoms with Gasteiger partial charge in [0.2, 0.25) is 0 Å². The topological polar surface area (TPSA) is 50.3 Å². The summed E-state index contributed by atoms with van der Waals surface area (Å²) in [4.78, 5) is 10.3. The number of morpholine rings is 1. The van der Waals surface area contributed by atoms with Crippen LogP contribution in [0.2, 0.25) is 0 Å². The van der Waals surface area contributed by atoms with Crippen LogP contribution in [-0.4, -0.2) is 54.3 Å². The SMILES string of the molecule is c1ncc(NCCN2CCOCC2)cn1. The number of nitrogens with one attached hydrogen (secondary N) is 1. The smallest absolute Gasteiger partial charge is 0.115 e. The summed E-state index contributed by atoms with van der Waals surface area (Å²) in [7, 11) is 0. The van der Waals surface area contributed by atoms with Crippen molar-refractivity contribution in [2.45, 2.75) is 0 Å². The first kappa shape index (κ1) is 10.3. The van der Waals surface area contributed by atoms with Crippen molar-refractivity contribution in [2.24, 2.45) is 0 Å². The third-order valence-corrected chi connectivity index (χ3v) is 2.42. The molecule has 0 atom stereocenters. The molecule has 1 fully saturated rings. The maximum Gasteiger partial charge on any atom is 0.115 e. The van der Waals surface area contributed by atoms with Gasteiger partial charge >= 0.3 is 0 Å². The van der Waals surface area contributed by atoms with E-state index in [-0.39, 0.29) is 0 Å².